The fourth-order valence-electron chi connectivity index (χ4n) is 0.943. The van der Waals surface area contributed by atoms with Gasteiger partial charge < -0.3 is 0 Å². The molecule has 0 spiro atoms. The zero-order valence-corrected chi connectivity index (χ0v) is 6.61. The van der Waals surface area contributed by atoms with Crippen molar-refractivity contribution >= 4 is 12.2 Å². The van der Waals surface area contributed by atoms with Crippen molar-refractivity contribution in [2.45, 2.75) is 6.17 Å². The lowest BCUT2D eigenvalue weighted by Crippen LogP contribution is -2.28. The first-order valence-electron chi connectivity index (χ1n) is 3.37. The van der Waals surface area contributed by atoms with Crippen LogP contribution in [0.5, 0.6) is 0 Å². The van der Waals surface area contributed by atoms with Gasteiger partial charge in [-0.25, -0.2) is 4.79 Å². The molecular weight excluding hydrogens is 140 g/mol. The molecule has 0 bridgehead atoms. The van der Waals surface area contributed by atoms with Crippen molar-refractivity contribution in [2.75, 3.05) is 14.1 Å². The smallest absolute Gasteiger partial charge is 0.137 e. The molecule has 1 aliphatic rings. The standard InChI is InChI=1S/C8H10N2O/c1-10(2)8-7(6-11)4-3-5-9-8/h3-5,8H,1-2H3. The first kappa shape index (κ1) is 7.92. The molecule has 0 fully saturated rings. The minimum Gasteiger partial charge on any atom is -0.284 e. The number of allylic oxidation sites excluding steroid dienone is 1. The van der Waals surface area contributed by atoms with Crippen LogP contribution in [0.25, 0.3) is 0 Å². The summed E-state index contributed by atoms with van der Waals surface area (Å²) in [6.45, 7) is 0. The normalized spacial score (nSPS) is 22.5. The second-order valence-electron chi connectivity index (χ2n) is 2.55. The number of hydrogen-bond acceptors (Lipinski definition) is 3. The van der Waals surface area contributed by atoms with Crippen molar-refractivity contribution < 1.29 is 4.79 Å². The molecule has 0 aliphatic carbocycles. The van der Waals surface area contributed by atoms with Crippen molar-refractivity contribution in [3.63, 3.8) is 0 Å². The predicted octanol–water partition coefficient (Wildman–Crippen LogP) is 0.273. The molecule has 1 rings (SSSR count). The van der Waals surface area contributed by atoms with Gasteiger partial charge in [-0.15, -0.1) is 0 Å². The molecule has 0 saturated carbocycles. The van der Waals surface area contributed by atoms with E-state index in [1.54, 1.807) is 18.4 Å². The van der Waals surface area contributed by atoms with Crippen molar-refractivity contribution in [1.29, 1.82) is 0 Å². The van der Waals surface area contributed by atoms with Crippen LogP contribution in [0.3, 0.4) is 0 Å². The molecule has 0 aromatic rings. The van der Waals surface area contributed by atoms with E-state index >= 15 is 0 Å². The maximum Gasteiger partial charge on any atom is 0.137 e. The molecule has 0 aromatic carbocycles. The van der Waals surface area contributed by atoms with E-state index in [1.807, 2.05) is 24.9 Å². The summed E-state index contributed by atoms with van der Waals surface area (Å²) in [6.07, 6.45) is 4.99. The number of hydrogen-bond donors (Lipinski definition) is 0. The third kappa shape index (κ3) is 1.64. The van der Waals surface area contributed by atoms with Crippen LogP contribution in [0.4, 0.5) is 0 Å². The Morgan fingerprint density at radius 2 is 2.36 bits per heavy atom. The van der Waals surface area contributed by atoms with Crippen LogP contribution in [0.2, 0.25) is 0 Å². The third-order valence-electron chi connectivity index (χ3n) is 1.47. The number of likely N-dealkylation sites (N-methyl/N-ethyl adjacent to an activating group) is 1. The van der Waals surface area contributed by atoms with Crippen molar-refractivity contribution in [3.05, 3.63) is 17.7 Å². The monoisotopic (exact) mass is 150 g/mol. The van der Waals surface area contributed by atoms with E-state index in [2.05, 4.69) is 4.99 Å². The molecule has 3 heteroatoms. The summed E-state index contributed by atoms with van der Waals surface area (Å²) in [6, 6.07) is 0. The van der Waals surface area contributed by atoms with E-state index in [9.17, 15) is 4.79 Å². The molecule has 58 valence electrons. The second-order valence-corrected chi connectivity index (χ2v) is 2.55. The van der Waals surface area contributed by atoms with Gasteiger partial charge in [0, 0.05) is 6.21 Å². The Kier molecular flexibility index (Phi) is 2.36. The largest absolute Gasteiger partial charge is 0.284 e. The van der Waals surface area contributed by atoms with E-state index in [-0.39, 0.29) is 6.17 Å². The van der Waals surface area contributed by atoms with Crippen LogP contribution < -0.4 is 0 Å². The van der Waals surface area contributed by atoms with Crippen molar-refractivity contribution in [3.8, 4) is 0 Å². The highest BCUT2D eigenvalue weighted by atomic mass is 16.1. The predicted molar refractivity (Wildman–Crippen MR) is 44.3 cm³/mol. The van der Waals surface area contributed by atoms with Crippen LogP contribution in [0, 0.1) is 0 Å². The van der Waals surface area contributed by atoms with Crippen LogP contribution in [0.1, 0.15) is 0 Å². The van der Waals surface area contributed by atoms with Gasteiger partial charge in [-0.1, -0.05) is 0 Å². The van der Waals surface area contributed by atoms with Crippen LogP contribution in [-0.4, -0.2) is 37.3 Å². The van der Waals surface area contributed by atoms with Crippen LogP contribution >= 0.6 is 0 Å². The molecule has 0 saturated heterocycles. The summed E-state index contributed by atoms with van der Waals surface area (Å²) < 4.78 is 0. The number of aliphatic imine (C=N–C) groups is 1. The zero-order valence-electron chi connectivity index (χ0n) is 6.61. The SMILES string of the molecule is CN(C)C1N=CC=CC1=C=O. The summed E-state index contributed by atoms with van der Waals surface area (Å²) in [5.41, 5.74) is 0.581. The van der Waals surface area contributed by atoms with Crippen LogP contribution in [0.15, 0.2) is 22.7 Å². The lowest BCUT2D eigenvalue weighted by molar-refractivity contribution is 0.344. The Morgan fingerprint density at radius 3 is 2.82 bits per heavy atom. The lowest BCUT2D eigenvalue weighted by Gasteiger charge is -2.20. The van der Waals surface area contributed by atoms with Gasteiger partial charge in [-0.2, -0.15) is 0 Å². The molecule has 0 radical (unpaired) electrons. The van der Waals surface area contributed by atoms with E-state index in [0.717, 1.165) is 0 Å². The molecule has 1 aliphatic heterocycles. The lowest BCUT2D eigenvalue weighted by atomic mass is 10.2. The molecule has 11 heavy (non-hydrogen) atoms. The first-order valence-corrected chi connectivity index (χ1v) is 3.37. The summed E-state index contributed by atoms with van der Waals surface area (Å²) in [5, 5.41) is 0. The molecule has 1 heterocycles. The Balaban J connectivity index is 2.88. The Hall–Kier alpha value is -1.18. The van der Waals surface area contributed by atoms with E-state index in [4.69, 9.17) is 0 Å². The number of rotatable bonds is 1. The Morgan fingerprint density at radius 1 is 1.64 bits per heavy atom. The van der Waals surface area contributed by atoms with Gasteiger partial charge in [-0.3, -0.25) is 9.89 Å². The molecule has 0 N–H and O–H groups in total. The molecular formula is C8H10N2O. The van der Waals surface area contributed by atoms with Gasteiger partial charge in [0.15, 0.2) is 0 Å². The third-order valence-corrected chi connectivity index (χ3v) is 1.47. The second kappa shape index (κ2) is 3.28. The first-order chi connectivity index (χ1) is 5.25. The summed E-state index contributed by atoms with van der Waals surface area (Å²) >= 11 is 0. The molecule has 0 amide bonds. The van der Waals surface area contributed by atoms with Crippen molar-refractivity contribution in [1.82, 2.24) is 4.90 Å². The fraction of sp³-hybridized carbons (Fsp3) is 0.375. The maximum atomic E-state index is 10.4. The van der Waals surface area contributed by atoms with Crippen LogP contribution in [-0.2, 0) is 4.79 Å². The number of nitrogens with zero attached hydrogens (tertiary/aromatic N) is 2. The number of dihydropyridines is 1. The fourth-order valence-corrected chi connectivity index (χ4v) is 0.943. The van der Waals surface area contributed by atoms with E-state index < -0.39 is 0 Å². The van der Waals surface area contributed by atoms with Gasteiger partial charge in [0.2, 0.25) is 0 Å². The minimum absolute atomic E-state index is 0.155. The van der Waals surface area contributed by atoms with Gasteiger partial charge in [0.25, 0.3) is 0 Å². The zero-order chi connectivity index (χ0) is 8.27. The maximum absolute atomic E-state index is 10.4. The van der Waals surface area contributed by atoms with Gasteiger partial charge in [0.05, 0.1) is 5.57 Å². The quantitative estimate of drug-likeness (QED) is 0.503. The topological polar surface area (TPSA) is 32.7 Å². The summed E-state index contributed by atoms with van der Waals surface area (Å²) in [5.74, 6) is 1.86. The van der Waals surface area contributed by atoms with E-state index in [1.165, 1.54) is 0 Å². The average molecular weight is 150 g/mol. The molecule has 1 unspecified atom stereocenters. The molecule has 0 aromatic heterocycles. The number of carbonyl (C=O) groups excluding carboxylic acids is 1. The van der Waals surface area contributed by atoms with Gasteiger partial charge >= 0.3 is 0 Å². The van der Waals surface area contributed by atoms with Crippen molar-refractivity contribution in [2.24, 2.45) is 4.99 Å². The average Bonchev–Trinajstić information content (AvgIpc) is 2.04. The highest BCUT2D eigenvalue weighted by Gasteiger charge is 2.14. The van der Waals surface area contributed by atoms with Gasteiger partial charge in [-0.05, 0) is 26.2 Å². The summed E-state index contributed by atoms with van der Waals surface area (Å²) in [4.78, 5) is 16.3. The minimum atomic E-state index is -0.155. The highest BCUT2D eigenvalue weighted by molar-refractivity contribution is 5.77. The Bertz CT molecular complexity index is 247. The highest BCUT2D eigenvalue weighted by Crippen LogP contribution is 2.10. The van der Waals surface area contributed by atoms with Gasteiger partial charge in [0.1, 0.15) is 12.1 Å². The molecule has 3 nitrogen and oxygen atoms in total. The Labute approximate surface area is 65.7 Å². The van der Waals surface area contributed by atoms with E-state index in [0.29, 0.717) is 5.57 Å². The molecule has 1 atom stereocenters. The summed E-state index contributed by atoms with van der Waals surface area (Å²) in [7, 11) is 3.75.